The van der Waals surface area contributed by atoms with Gasteiger partial charge in [-0.25, -0.2) is 4.79 Å². The van der Waals surface area contributed by atoms with Crippen molar-refractivity contribution in [2.75, 3.05) is 6.61 Å². The molecule has 1 saturated heterocycles. The minimum absolute atomic E-state index is 0.0129. The Morgan fingerprint density at radius 3 is 2.39 bits per heavy atom. The van der Waals surface area contributed by atoms with E-state index in [9.17, 15) is 19.2 Å². The number of carbonyl (C=O) groups excluding carboxylic acids is 4. The van der Waals surface area contributed by atoms with Gasteiger partial charge in [-0.3, -0.25) is 14.4 Å². The highest BCUT2D eigenvalue weighted by Crippen LogP contribution is 2.14. The van der Waals surface area contributed by atoms with Gasteiger partial charge in [0, 0.05) is 25.9 Å². The van der Waals surface area contributed by atoms with Crippen molar-refractivity contribution in [2.45, 2.75) is 32.6 Å². The molecule has 0 spiro atoms. The molecule has 0 radical (unpaired) electrons. The molecule has 18 heavy (non-hydrogen) atoms. The van der Waals surface area contributed by atoms with Crippen LogP contribution in [0.25, 0.3) is 0 Å². The second-order valence-corrected chi connectivity index (χ2v) is 4.01. The molecular formula is C11H15NO6. The van der Waals surface area contributed by atoms with Gasteiger partial charge in [-0.15, -0.1) is 5.06 Å². The molecule has 7 heteroatoms. The fourth-order valence-corrected chi connectivity index (χ4v) is 1.43. The fourth-order valence-electron chi connectivity index (χ4n) is 1.43. The molecule has 7 nitrogen and oxygen atoms in total. The largest absolute Gasteiger partial charge is 0.396 e. The molecule has 1 unspecified atom stereocenters. The lowest BCUT2D eigenvalue weighted by Crippen LogP contribution is -2.36. The summed E-state index contributed by atoms with van der Waals surface area (Å²) < 4.78 is 0. The second-order valence-electron chi connectivity index (χ2n) is 4.01. The molecule has 1 aliphatic heterocycles. The van der Waals surface area contributed by atoms with Gasteiger partial charge in [-0.2, -0.15) is 0 Å². The third-order valence-electron chi connectivity index (χ3n) is 2.60. The number of hydrogen-bond acceptors (Lipinski definition) is 6. The zero-order valence-corrected chi connectivity index (χ0v) is 10.0. The van der Waals surface area contributed by atoms with Crippen molar-refractivity contribution in [3.8, 4) is 0 Å². The molecule has 0 aromatic heterocycles. The van der Waals surface area contributed by atoms with E-state index in [0.717, 1.165) is 0 Å². The topological polar surface area (TPSA) is 101 Å². The average molecular weight is 257 g/mol. The lowest BCUT2D eigenvalue weighted by atomic mass is 10.0. The van der Waals surface area contributed by atoms with Crippen LogP contribution in [0, 0.1) is 5.92 Å². The number of rotatable bonds is 6. The zero-order valence-electron chi connectivity index (χ0n) is 10.0. The molecule has 1 atom stereocenters. The number of ketones is 1. The number of amides is 2. The summed E-state index contributed by atoms with van der Waals surface area (Å²) in [6.07, 6.45) is 0.338. The molecule has 1 N–H and O–H groups in total. The Balaban J connectivity index is 2.51. The highest BCUT2D eigenvalue weighted by atomic mass is 16.7. The summed E-state index contributed by atoms with van der Waals surface area (Å²) in [6, 6.07) is 0. The lowest BCUT2D eigenvalue weighted by molar-refractivity contribution is -0.200. The fraction of sp³-hybridized carbons (Fsp3) is 0.636. The maximum absolute atomic E-state index is 11.5. The molecule has 100 valence electrons. The second kappa shape index (κ2) is 6.25. The zero-order chi connectivity index (χ0) is 13.7. The molecule has 1 fully saturated rings. The maximum atomic E-state index is 11.5. The van der Waals surface area contributed by atoms with Crippen LogP contribution in [0.5, 0.6) is 0 Å². The maximum Gasteiger partial charge on any atom is 0.343 e. The van der Waals surface area contributed by atoms with Crippen molar-refractivity contribution >= 4 is 23.6 Å². The first-order chi connectivity index (χ1) is 8.47. The van der Waals surface area contributed by atoms with E-state index < -0.39 is 29.5 Å². The molecule has 0 aliphatic carbocycles. The molecule has 0 saturated carbocycles. The van der Waals surface area contributed by atoms with Gasteiger partial charge in [-0.05, 0) is 13.3 Å². The SMILES string of the molecule is CC(C(=O)CCCO)C(=O)ON1C(=O)CCC1=O. The van der Waals surface area contributed by atoms with E-state index in [1.807, 2.05) is 0 Å². The first-order valence-electron chi connectivity index (χ1n) is 5.68. The number of nitrogens with zero attached hydrogens (tertiary/aromatic N) is 1. The number of aliphatic hydroxyl groups excluding tert-OH is 1. The predicted octanol–water partition coefficient (Wildman–Crippen LogP) is -0.429. The summed E-state index contributed by atoms with van der Waals surface area (Å²) in [4.78, 5) is 50.0. The molecular weight excluding hydrogens is 242 g/mol. The van der Waals surface area contributed by atoms with Crippen LogP contribution in [0.1, 0.15) is 32.6 Å². The summed E-state index contributed by atoms with van der Waals surface area (Å²) in [6.45, 7) is 1.20. The standard InChI is InChI=1S/C11H15NO6/c1-7(8(14)3-2-6-13)11(17)18-12-9(15)4-5-10(12)16/h7,13H,2-6H2,1H3. The first kappa shape index (κ1) is 14.3. The Labute approximate surface area is 104 Å². The van der Waals surface area contributed by atoms with Crippen LogP contribution in [0.3, 0.4) is 0 Å². The van der Waals surface area contributed by atoms with Gasteiger partial charge in [-0.1, -0.05) is 0 Å². The molecule has 1 rings (SSSR count). The summed E-state index contributed by atoms with van der Waals surface area (Å²) in [7, 11) is 0. The van der Waals surface area contributed by atoms with Crippen molar-refractivity contribution in [3.63, 3.8) is 0 Å². The monoisotopic (exact) mass is 257 g/mol. The minimum Gasteiger partial charge on any atom is -0.396 e. The minimum atomic E-state index is -1.06. The van der Waals surface area contributed by atoms with Gasteiger partial charge in [0.15, 0.2) is 0 Å². The summed E-state index contributed by atoms with van der Waals surface area (Å²) in [5, 5.41) is 8.98. The van der Waals surface area contributed by atoms with E-state index in [4.69, 9.17) is 5.11 Å². The molecule has 2 amide bonds. The number of hydrogen-bond donors (Lipinski definition) is 1. The van der Waals surface area contributed by atoms with Crippen LogP contribution in [-0.2, 0) is 24.0 Å². The Kier molecular flexibility index (Phi) is 4.96. The van der Waals surface area contributed by atoms with Gasteiger partial charge in [0.25, 0.3) is 11.8 Å². The van der Waals surface area contributed by atoms with Crippen molar-refractivity contribution < 1.29 is 29.1 Å². The summed E-state index contributed by atoms with van der Waals surface area (Å²) in [5.74, 6) is -3.54. The van der Waals surface area contributed by atoms with Crippen molar-refractivity contribution in [1.82, 2.24) is 5.06 Å². The highest BCUT2D eigenvalue weighted by molar-refractivity contribution is 6.03. The molecule has 0 aromatic rings. The molecule has 0 aromatic carbocycles. The summed E-state index contributed by atoms with van der Waals surface area (Å²) >= 11 is 0. The van der Waals surface area contributed by atoms with E-state index in [1.165, 1.54) is 6.92 Å². The average Bonchev–Trinajstić information content (AvgIpc) is 2.66. The van der Waals surface area contributed by atoms with Gasteiger partial charge >= 0.3 is 5.97 Å². The van der Waals surface area contributed by atoms with E-state index in [1.54, 1.807) is 0 Å². The van der Waals surface area contributed by atoms with Crippen LogP contribution in [-0.4, -0.2) is 40.3 Å². The Bertz CT molecular complexity index is 362. The van der Waals surface area contributed by atoms with Crippen molar-refractivity contribution in [2.24, 2.45) is 5.92 Å². The number of aliphatic hydroxyl groups is 1. The third kappa shape index (κ3) is 3.36. The van der Waals surface area contributed by atoms with E-state index >= 15 is 0 Å². The van der Waals surface area contributed by atoms with Gasteiger partial charge in [0.2, 0.25) is 0 Å². The van der Waals surface area contributed by atoms with Gasteiger partial charge in [0.05, 0.1) is 0 Å². The Hall–Kier alpha value is -1.76. The van der Waals surface area contributed by atoms with Crippen molar-refractivity contribution in [1.29, 1.82) is 0 Å². The van der Waals surface area contributed by atoms with Crippen LogP contribution in [0.2, 0.25) is 0 Å². The smallest absolute Gasteiger partial charge is 0.343 e. The van der Waals surface area contributed by atoms with E-state index in [2.05, 4.69) is 4.84 Å². The summed E-state index contributed by atoms with van der Waals surface area (Å²) in [5.41, 5.74) is 0. The van der Waals surface area contributed by atoms with Gasteiger partial charge in [0.1, 0.15) is 11.7 Å². The van der Waals surface area contributed by atoms with Crippen LogP contribution in [0.4, 0.5) is 0 Å². The number of imide groups is 1. The quantitative estimate of drug-likeness (QED) is 0.512. The van der Waals surface area contributed by atoms with E-state index in [0.29, 0.717) is 5.06 Å². The number of Topliss-reactive ketones (excluding diaryl/α,β-unsaturated/α-hetero) is 1. The van der Waals surface area contributed by atoms with Gasteiger partial charge < -0.3 is 9.94 Å². The molecule has 0 bridgehead atoms. The lowest BCUT2D eigenvalue weighted by Gasteiger charge is -2.15. The molecule has 1 aliphatic rings. The predicted molar refractivity (Wildman–Crippen MR) is 57.7 cm³/mol. The van der Waals surface area contributed by atoms with Crippen LogP contribution < -0.4 is 0 Å². The Morgan fingerprint density at radius 2 is 1.89 bits per heavy atom. The van der Waals surface area contributed by atoms with Crippen LogP contribution >= 0.6 is 0 Å². The number of hydroxylamine groups is 2. The first-order valence-corrected chi connectivity index (χ1v) is 5.68. The Morgan fingerprint density at radius 1 is 1.33 bits per heavy atom. The van der Waals surface area contributed by atoms with Crippen molar-refractivity contribution in [3.05, 3.63) is 0 Å². The van der Waals surface area contributed by atoms with Crippen LogP contribution in [0.15, 0.2) is 0 Å². The third-order valence-corrected chi connectivity index (χ3v) is 2.60. The molecule has 1 heterocycles. The number of carbonyl (C=O) groups is 4. The van der Waals surface area contributed by atoms with E-state index in [-0.39, 0.29) is 32.3 Å². The normalized spacial score (nSPS) is 16.9. The highest BCUT2D eigenvalue weighted by Gasteiger charge is 2.35.